The number of aliphatic carboxylic acids is 1. The third kappa shape index (κ3) is 4.32. The Bertz CT molecular complexity index is 283. The van der Waals surface area contributed by atoms with E-state index in [1.807, 2.05) is 6.92 Å². The molecule has 3 atom stereocenters. The Morgan fingerprint density at radius 1 is 1.53 bits per heavy atom. The summed E-state index contributed by atoms with van der Waals surface area (Å²) in [6.45, 7) is 3.03. The van der Waals surface area contributed by atoms with Gasteiger partial charge in [-0.3, -0.25) is 4.79 Å². The first-order chi connectivity index (χ1) is 8.02. The van der Waals surface area contributed by atoms with Crippen LogP contribution in [0.5, 0.6) is 0 Å². The maximum absolute atomic E-state index is 11.8. The number of carboxylic acids is 1. The number of carboxylic acid groups (broad SMARTS) is 1. The largest absolute Gasteiger partial charge is 0.479 e. The first kappa shape index (κ1) is 13.9. The first-order valence-corrected chi connectivity index (χ1v) is 5.94. The number of rotatable bonds is 5. The normalized spacial score (nSPS) is 26.2. The Morgan fingerprint density at radius 2 is 2.24 bits per heavy atom. The fourth-order valence-corrected chi connectivity index (χ4v) is 1.97. The molecular weight excluding hydrogens is 224 g/mol. The molecule has 6 nitrogen and oxygen atoms in total. The number of piperidine rings is 1. The third-order valence-corrected chi connectivity index (χ3v) is 3.05. The lowest BCUT2D eigenvalue weighted by Gasteiger charge is -2.28. The van der Waals surface area contributed by atoms with E-state index in [9.17, 15) is 9.59 Å². The molecule has 0 aliphatic carbocycles. The van der Waals surface area contributed by atoms with E-state index >= 15 is 0 Å². The van der Waals surface area contributed by atoms with Crippen molar-refractivity contribution in [2.75, 3.05) is 13.1 Å². The average molecular weight is 244 g/mol. The second-order valence-corrected chi connectivity index (χ2v) is 4.49. The van der Waals surface area contributed by atoms with Crippen molar-refractivity contribution in [2.24, 2.45) is 5.92 Å². The third-order valence-electron chi connectivity index (χ3n) is 3.05. The highest BCUT2D eigenvalue weighted by atomic mass is 16.4. The van der Waals surface area contributed by atoms with Gasteiger partial charge in [0.2, 0.25) is 5.91 Å². The Kier molecular flexibility index (Phi) is 5.37. The van der Waals surface area contributed by atoms with Crippen LogP contribution in [-0.4, -0.2) is 47.3 Å². The molecule has 4 N–H and O–H groups in total. The molecule has 0 bridgehead atoms. The Balaban J connectivity index is 2.26. The molecule has 17 heavy (non-hydrogen) atoms. The number of nitrogens with one attached hydrogen (secondary N) is 2. The van der Waals surface area contributed by atoms with Crippen molar-refractivity contribution >= 4 is 11.9 Å². The topological polar surface area (TPSA) is 98.7 Å². The molecule has 1 saturated heterocycles. The lowest BCUT2D eigenvalue weighted by Crippen LogP contribution is -2.51. The van der Waals surface area contributed by atoms with E-state index < -0.39 is 12.1 Å². The summed E-state index contributed by atoms with van der Waals surface area (Å²) >= 11 is 0. The van der Waals surface area contributed by atoms with Gasteiger partial charge in [-0.2, -0.15) is 0 Å². The van der Waals surface area contributed by atoms with Crippen LogP contribution in [0.1, 0.15) is 26.2 Å². The molecule has 0 aromatic carbocycles. The number of hydrogen-bond acceptors (Lipinski definition) is 4. The Labute approximate surface area is 100 Å². The van der Waals surface area contributed by atoms with Crippen molar-refractivity contribution in [2.45, 2.75) is 38.3 Å². The van der Waals surface area contributed by atoms with E-state index in [0.29, 0.717) is 0 Å². The first-order valence-electron chi connectivity index (χ1n) is 5.94. The summed E-state index contributed by atoms with van der Waals surface area (Å²) < 4.78 is 0. The summed E-state index contributed by atoms with van der Waals surface area (Å²) in [5.74, 6) is -1.09. The standard InChI is InChI=1S/C11H20N2O4/c1-7-3-2-5-12-9(7)10(15)13-6-4-8(14)11(16)17/h7-9,12,14H,2-6H2,1H3,(H,13,15)(H,16,17). The Morgan fingerprint density at radius 3 is 2.82 bits per heavy atom. The summed E-state index contributed by atoms with van der Waals surface area (Å²) in [5, 5.41) is 23.3. The van der Waals surface area contributed by atoms with E-state index in [1.54, 1.807) is 0 Å². The predicted molar refractivity (Wildman–Crippen MR) is 61.5 cm³/mol. The highest BCUT2D eigenvalue weighted by molar-refractivity contribution is 5.82. The maximum Gasteiger partial charge on any atom is 0.332 e. The fourth-order valence-electron chi connectivity index (χ4n) is 1.97. The molecule has 1 rings (SSSR count). The zero-order valence-electron chi connectivity index (χ0n) is 9.98. The van der Waals surface area contributed by atoms with Crippen LogP contribution in [0.4, 0.5) is 0 Å². The van der Waals surface area contributed by atoms with Crippen molar-refractivity contribution in [3.8, 4) is 0 Å². The maximum atomic E-state index is 11.8. The van der Waals surface area contributed by atoms with Crippen LogP contribution in [0.2, 0.25) is 0 Å². The second kappa shape index (κ2) is 6.56. The van der Waals surface area contributed by atoms with Crippen molar-refractivity contribution in [1.29, 1.82) is 0 Å². The van der Waals surface area contributed by atoms with Gasteiger partial charge in [0.1, 0.15) is 0 Å². The molecule has 3 unspecified atom stereocenters. The van der Waals surface area contributed by atoms with Crippen LogP contribution < -0.4 is 10.6 Å². The molecule has 1 aliphatic rings. The lowest BCUT2D eigenvalue weighted by atomic mass is 9.92. The number of aliphatic hydroxyl groups is 1. The monoisotopic (exact) mass is 244 g/mol. The quantitative estimate of drug-likeness (QED) is 0.514. The van der Waals surface area contributed by atoms with Gasteiger partial charge < -0.3 is 20.8 Å². The van der Waals surface area contributed by atoms with Crippen LogP contribution in [0.15, 0.2) is 0 Å². The molecule has 0 radical (unpaired) electrons. The molecule has 1 fully saturated rings. The predicted octanol–water partition coefficient (Wildman–Crippen LogP) is -0.674. The Hall–Kier alpha value is -1.14. The molecule has 1 heterocycles. The fraction of sp³-hybridized carbons (Fsp3) is 0.818. The molecule has 0 aromatic heterocycles. The van der Waals surface area contributed by atoms with Crippen LogP contribution >= 0.6 is 0 Å². The molecule has 0 spiro atoms. The number of amides is 1. The minimum absolute atomic E-state index is 0.0299. The highest BCUT2D eigenvalue weighted by Gasteiger charge is 2.27. The number of aliphatic hydroxyl groups excluding tert-OH is 1. The highest BCUT2D eigenvalue weighted by Crippen LogP contribution is 2.15. The molecule has 98 valence electrons. The van der Waals surface area contributed by atoms with E-state index in [0.717, 1.165) is 19.4 Å². The van der Waals surface area contributed by atoms with E-state index in [2.05, 4.69) is 10.6 Å². The molecule has 1 amide bonds. The smallest absolute Gasteiger partial charge is 0.332 e. The van der Waals surface area contributed by atoms with Crippen molar-refractivity contribution in [3.05, 3.63) is 0 Å². The molecule has 0 aromatic rings. The van der Waals surface area contributed by atoms with Gasteiger partial charge in [-0.25, -0.2) is 4.79 Å². The van der Waals surface area contributed by atoms with E-state index in [-0.39, 0.29) is 30.8 Å². The molecule has 6 heteroatoms. The van der Waals surface area contributed by atoms with Gasteiger partial charge in [0.05, 0.1) is 6.04 Å². The summed E-state index contributed by atoms with van der Waals surface area (Å²) in [6, 6.07) is -0.203. The van der Waals surface area contributed by atoms with Gasteiger partial charge >= 0.3 is 5.97 Å². The number of carbonyl (C=O) groups is 2. The van der Waals surface area contributed by atoms with Crippen molar-refractivity contribution < 1.29 is 19.8 Å². The van der Waals surface area contributed by atoms with E-state index in [1.165, 1.54) is 0 Å². The summed E-state index contributed by atoms with van der Waals surface area (Å²) in [7, 11) is 0. The summed E-state index contributed by atoms with van der Waals surface area (Å²) in [5.41, 5.74) is 0. The molecule has 1 aliphatic heterocycles. The van der Waals surface area contributed by atoms with Crippen molar-refractivity contribution in [3.63, 3.8) is 0 Å². The SMILES string of the molecule is CC1CCCNC1C(=O)NCCC(O)C(=O)O. The average Bonchev–Trinajstić information content (AvgIpc) is 2.29. The summed E-state index contributed by atoms with van der Waals surface area (Å²) in [6.07, 6.45) is 0.709. The number of hydrogen-bond donors (Lipinski definition) is 4. The zero-order chi connectivity index (χ0) is 12.8. The lowest BCUT2D eigenvalue weighted by molar-refractivity contribution is -0.147. The molecule has 0 saturated carbocycles. The van der Waals surface area contributed by atoms with E-state index in [4.69, 9.17) is 10.2 Å². The van der Waals surface area contributed by atoms with Gasteiger partial charge in [0.25, 0.3) is 0 Å². The van der Waals surface area contributed by atoms with Crippen molar-refractivity contribution in [1.82, 2.24) is 10.6 Å². The van der Waals surface area contributed by atoms with Gasteiger partial charge in [-0.15, -0.1) is 0 Å². The minimum atomic E-state index is -1.41. The van der Waals surface area contributed by atoms with Crippen LogP contribution in [0.3, 0.4) is 0 Å². The van der Waals surface area contributed by atoms with Crippen LogP contribution in [-0.2, 0) is 9.59 Å². The zero-order valence-corrected chi connectivity index (χ0v) is 9.98. The van der Waals surface area contributed by atoms with Crippen LogP contribution in [0.25, 0.3) is 0 Å². The van der Waals surface area contributed by atoms with Gasteiger partial charge in [0.15, 0.2) is 6.10 Å². The molecular formula is C11H20N2O4. The second-order valence-electron chi connectivity index (χ2n) is 4.49. The van der Waals surface area contributed by atoms with Gasteiger partial charge in [0, 0.05) is 13.0 Å². The summed E-state index contributed by atoms with van der Waals surface area (Å²) in [4.78, 5) is 22.1. The van der Waals surface area contributed by atoms with Gasteiger partial charge in [-0.05, 0) is 25.3 Å². The van der Waals surface area contributed by atoms with Gasteiger partial charge in [-0.1, -0.05) is 6.92 Å². The van der Waals surface area contributed by atoms with Crippen LogP contribution in [0, 0.1) is 5.92 Å². The minimum Gasteiger partial charge on any atom is -0.479 e. The number of carbonyl (C=O) groups excluding carboxylic acids is 1.